The Balaban J connectivity index is 1.21. The predicted octanol–water partition coefficient (Wildman–Crippen LogP) is 3.70. The second-order valence-electron chi connectivity index (χ2n) is 10.7. The first-order valence-electron chi connectivity index (χ1n) is 14.2. The first-order chi connectivity index (χ1) is 19.0. The molecule has 9 heteroatoms. The molecule has 208 valence electrons. The number of likely N-dealkylation sites (tertiary alicyclic amines) is 1. The van der Waals surface area contributed by atoms with Crippen molar-refractivity contribution >= 4 is 23.3 Å². The molecule has 0 unspecified atom stereocenters. The minimum atomic E-state index is -0.269. The zero-order valence-corrected chi connectivity index (χ0v) is 22.9. The maximum Gasteiger partial charge on any atom is 0.410 e. The number of rotatable bonds is 8. The van der Waals surface area contributed by atoms with E-state index in [9.17, 15) is 9.59 Å². The molecule has 2 aliphatic heterocycles. The Kier molecular flexibility index (Phi) is 8.66. The van der Waals surface area contributed by atoms with Gasteiger partial charge in [-0.25, -0.2) is 9.78 Å². The molecular formula is C30H40N6O3. The highest BCUT2D eigenvalue weighted by Gasteiger charge is 2.34. The van der Waals surface area contributed by atoms with Crippen molar-refractivity contribution < 1.29 is 14.3 Å². The third-order valence-corrected chi connectivity index (χ3v) is 8.28. The van der Waals surface area contributed by atoms with E-state index in [0.717, 1.165) is 63.1 Å². The molecule has 5 rings (SSSR count). The van der Waals surface area contributed by atoms with Crippen molar-refractivity contribution in [2.75, 3.05) is 44.2 Å². The third-order valence-electron chi connectivity index (χ3n) is 8.28. The monoisotopic (exact) mass is 532 g/mol. The van der Waals surface area contributed by atoms with Crippen LogP contribution in [0.25, 0.3) is 5.65 Å². The van der Waals surface area contributed by atoms with Crippen LogP contribution in [0, 0.1) is 5.92 Å². The Hall–Kier alpha value is -3.59. The van der Waals surface area contributed by atoms with Crippen LogP contribution < -0.4 is 10.6 Å². The van der Waals surface area contributed by atoms with Crippen molar-refractivity contribution in [3.8, 4) is 0 Å². The minimum Gasteiger partial charge on any atom is -0.445 e. The molecule has 0 spiro atoms. The van der Waals surface area contributed by atoms with Gasteiger partial charge in [0.05, 0.1) is 5.69 Å². The van der Waals surface area contributed by atoms with Gasteiger partial charge in [0.15, 0.2) is 5.65 Å². The number of pyridine rings is 1. The molecule has 0 bridgehead atoms. The van der Waals surface area contributed by atoms with Gasteiger partial charge < -0.3 is 24.7 Å². The van der Waals surface area contributed by atoms with Crippen molar-refractivity contribution in [2.45, 2.75) is 51.7 Å². The summed E-state index contributed by atoms with van der Waals surface area (Å²) in [5.74, 6) is 0.0466. The van der Waals surface area contributed by atoms with Crippen LogP contribution in [0.15, 0.2) is 55.0 Å². The molecule has 2 aliphatic rings. The Labute approximate surface area is 230 Å². The van der Waals surface area contributed by atoms with Gasteiger partial charge in [-0.15, -0.1) is 0 Å². The minimum absolute atomic E-state index is 0.0813. The number of imidazole rings is 1. The molecule has 1 aromatic carbocycles. The molecule has 1 atom stereocenters. The highest BCUT2D eigenvalue weighted by Crippen LogP contribution is 2.30. The smallest absolute Gasteiger partial charge is 0.410 e. The molecule has 0 aliphatic carbocycles. The lowest BCUT2D eigenvalue weighted by atomic mass is 9.86. The van der Waals surface area contributed by atoms with E-state index in [4.69, 9.17) is 10.5 Å². The fraction of sp³-hybridized carbons (Fsp3) is 0.500. The first kappa shape index (κ1) is 27.0. The molecule has 4 heterocycles. The first-order valence-corrected chi connectivity index (χ1v) is 14.2. The number of nitrogens with zero attached hydrogens (tertiary/aromatic N) is 5. The van der Waals surface area contributed by atoms with Crippen LogP contribution in [0.1, 0.15) is 43.7 Å². The van der Waals surface area contributed by atoms with E-state index in [1.54, 1.807) is 4.90 Å². The van der Waals surface area contributed by atoms with Gasteiger partial charge in [0.25, 0.3) is 0 Å². The van der Waals surface area contributed by atoms with Gasteiger partial charge in [0, 0.05) is 70.3 Å². The number of hydrogen-bond donors (Lipinski definition) is 1. The van der Waals surface area contributed by atoms with Gasteiger partial charge in [-0.05, 0) is 48.8 Å². The molecule has 2 amide bonds. The van der Waals surface area contributed by atoms with Crippen molar-refractivity contribution in [3.63, 3.8) is 0 Å². The number of carbonyl (C=O) groups excluding carboxylic acids is 2. The fourth-order valence-electron chi connectivity index (χ4n) is 6.21. The summed E-state index contributed by atoms with van der Waals surface area (Å²) in [5.41, 5.74) is 10.3. The van der Waals surface area contributed by atoms with Crippen molar-refractivity contribution in [2.24, 2.45) is 11.7 Å². The summed E-state index contributed by atoms with van der Waals surface area (Å²) >= 11 is 0. The van der Waals surface area contributed by atoms with Gasteiger partial charge in [-0.3, -0.25) is 9.69 Å². The number of aryl methyl sites for hydroxylation is 1. The summed E-state index contributed by atoms with van der Waals surface area (Å²) in [5, 5.41) is 0. The standard InChI is InChI=1S/C30H40N6O3/c1-2-24-9-15-35-18-12-32-29(35)28(24)34-14-6-13-33(19-20-34)26(21-27(31)37)25-10-16-36(17-11-25)30(38)39-22-23-7-4-3-5-8-23/h3-5,7-9,12,15,18,25-26H,2,6,10-11,13-14,16-17,19-22H2,1H3,(H2,31,37)/t26-/m0/s1. The maximum atomic E-state index is 12.7. The maximum absolute atomic E-state index is 12.7. The SMILES string of the molecule is CCc1ccn2ccnc2c1N1CCCN([C@@H](CC(N)=O)C2CCN(C(=O)OCc3ccccc3)CC2)CC1. The number of amides is 2. The normalized spacial score (nSPS) is 18.2. The van der Waals surface area contributed by atoms with Gasteiger partial charge in [-0.1, -0.05) is 37.3 Å². The molecule has 2 N–H and O–H groups in total. The second-order valence-corrected chi connectivity index (χ2v) is 10.7. The van der Waals surface area contributed by atoms with Gasteiger partial charge in [0.2, 0.25) is 5.91 Å². The van der Waals surface area contributed by atoms with Crippen LogP contribution in [0.3, 0.4) is 0 Å². The molecule has 39 heavy (non-hydrogen) atoms. The van der Waals surface area contributed by atoms with E-state index >= 15 is 0 Å². The van der Waals surface area contributed by atoms with Crippen LogP contribution in [0.5, 0.6) is 0 Å². The second kappa shape index (κ2) is 12.5. The molecule has 0 radical (unpaired) electrons. The molecule has 2 fully saturated rings. The Bertz CT molecular complexity index is 1250. The Morgan fingerprint density at radius 3 is 2.56 bits per heavy atom. The van der Waals surface area contributed by atoms with Crippen molar-refractivity contribution in [1.29, 1.82) is 0 Å². The summed E-state index contributed by atoms with van der Waals surface area (Å²) in [4.78, 5) is 36.2. The number of benzene rings is 1. The van der Waals surface area contributed by atoms with E-state index in [1.807, 2.05) is 42.7 Å². The summed E-state index contributed by atoms with van der Waals surface area (Å²) < 4.78 is 7.64. The number of fused-ring (bicyclic) bond motifs is 1. The lowest BCUT2D eigenvalue weighted by Crippen LogP contribution is -2.49. The number of hydrogen-bond acceptors (Lipinski definition) is 6. The number of piperidine rings is 1. The zero-order chi connectivity index (χ0) is 27.2. The largest absolute Gasteiger partial charge is 0.445 e. The molecule has 3 aromatic rings. The van der Waals surface area contributed by atoms with E-state index in [0.29, 0.717) is 25.4 Å². The highest BCUT2D eigenvalue weighted by atomic mass is 16.6. The molecule has 2 saturated heterocycles. The number of primary amides is 1. The van der Waals surface area contributed by atoms with E-state index < -0.39 is 0 Å². The van der Waals surface area contributed by atoms with Crippen LogP contribution in [-0.2, 0) is 22.6 Å². The third kappa shape index (κ3) is 6.36. The predicted molar refractivity (Wildman–Crippen MR) is 151 cm³/mol. The van der Waals surface area contributed by atoms with E-state index in [1.165, 1.54) is 11.3 Å². The lowest BCUT2D eigenvalue weighted by molar-refractivity contribution is -0.120. The Morgan fingerprint density at radius 1 is 1.03 bits per heavy atom. The average Bonchev–Trinajstić information content (AvgIpc) is 3.32. The van der Waals surface area contributed by atoms with Gasteiger partial charge in [0.1, 0.15) is 6.61 Å². The topological polar surface area (TPSA) is 96.4 Å². The van der Waals surface area contributed by atoms with E-state index in [-0.39, 0.29) is 24.6 Å². The van der Waals surface area contributed by atoms with Crippen molar-refractivity contribution in [3.05, 3.63) is 66.1 Å². The van der Waals surface area contributed by atoms with Gasteiger partial charge in [-0.2, -0.15) is 0 Å². The number of carbonyl (C=O) groups is 2. The average molecular weight is 533 g/mol. The molecular weight excluding hydrogens is 492 g/mol. The number of ether oxygens (including phenoxy) is 1. The highest BCUT2D eigenvalue weighted by molar-refractivity contribution is 5.75. The summed E-state index contributed by atoms with van der Waals surface area (Å²) in [7, 11) is 0. The molecule has 0 saturated carbocycles. The van der Waals surface area contributed by atoms with Crippen LogP contribution >= 0.6 is 0 Å². The quantitative estimate of drug-likeness (QED) is 0.475. The lowest BCUT2D eigenvalue weighted by Gasteiger charge is -2.40. The molecule has 2 aromatic heterocycles. The fourth-order valence-corrected chi connectivity index (χ4v) is 6.21. The summed E-state index contributed by atoms with van der Waals surface area (Å²) in [6.07, 6.45) is 9.65. The number of aromatic nitrogens is 2. The summed E-state index contributed by atoms with van der Waals surface area (Å²) in [6, 6.07) is 12.0. The van der Waals surface area contributed by atoms with Crippen LogP contribution in [0.4, 0.5) is 10.5 Å². The van der Waals surface area contributed by atoms with Crippen LogP contribution in [0.2, 0.25) is 0 Å². The van der Waals surface area contributed by atoms with Crippen LogP contribution in [-0.4, -0.2) is 76.5 Å². The molecule has 9 nitrogen and oxygen atoms in total. The van der Waals surface area contributed by atoms with Gasteiger partial charge >= 0.3 is 6.09 Å². The number of nitrogens with two attached hydrogens (primary N) is 1. The zero-order valence-electron chi connectivity index (χ0n) is 22.9. The number of anilines is 1. The van der Waals surface area contributed by atoms with Crippen molar-refractivity contribution in [1.82, 2.24) is 19.2 Å². The van der Waals surface area contributed by atoms with E-state index in [2.05, 4.69) is 38.4 Å². The summed E-state index contributed by atoms with van der Waals surface area (Å²) in [6.45, 7) is 7.35. The Morgan fingerprint density at radius 2 is 1.82 bits per heavy atom.